The number of para-hydroxylation sites is 1. The van der Waals surface area contributed by atoms with Crippen LogP contribution in [0.15, 0.2) is 24.3 Å². The summed E-state index contributed by atoms with van der Waals surface area (Å²) in [5.41, 5.74) is 0.654. The minimum Gasteiger partial charge on any atom is -0.487 e. The van der Waals surface area contributed by atoms with Gasteiger partial charge < -0.3 is 14.5 Å². The lowest BCUT2D eigenvalue weighted by Crippen LogP contribution is -2.51. The average molecular weight is 413 g/mol. The van der Waals surface area contributed by atoms with Crippen LogP contribution >= 0.6 is 0 Å². The molecule has 1 aliphatic heterocycles. The van der Waals surface area contributed by atoms with Gasteiger partial charge in [-0.25, -0.2) is 0 Å². The number of hydrogen-bond acceptors (Lipinski definition) is 3. The number of nitrogens with zero attached hydrogens (tertiary/aromatic N) is 2. The van der Waals surface area contributed by atoms with Crippen molar-refractivity contribution in [3.8, 4) is 5.75 Å². The van der Waals surface area contributed by atoms with Crippen molar-refractivity contribution < 1.29 is 14.3 Å². The van der Waals surface area contributed by atoms with Gasteiger partial charge in [0.2, 0.25) is 5.91 Å². The van der Waals surface area contributed by atoms with Crippen LogP contribution in [-0.2, 0) is 4.79 Å². The molecule has 0 unspecified atom stereocenters. The number of hydrogen-bond donors (Lipinski definition) is 0. The molecule has 2 fully saturated rings. The molecule has 0 aromatic heterocycles. The minimum atomic E-state index is -0.0339. The maximum Gasteiger partial charge on any atom is 0.257 e. The van der Waals surface area contributed by atoms with E-state index in [1.165, 1.54) is 0 Å². The van der Waals surface area contributed by atoms with E-state index in [4.69, 9.17) is 4.74 Å². The number of carbonyl (C=O) groups excluding carboxylic acids is 2. The van der Waals surface area contributed by atoms with E-state index in [-0.39, 0.29) is 24.0 Å². The van der Waals surface area contributed by atoms with E-state index in [0.29, 0.717) is 23.8 Å². The fourth-order valence-electron chi connectivity index (χ4n) is 5.00. The van der Waals surface area contributed by atoms with Crippen molar-refractivity contribution in [3.63, 3.8) is 0 Å². The Morgan fingerprint density at radius 2 is 1.70 bits per heavy atom. The third kappa shape index (κ3) is 4.81. The van der Waals surface area contributed by atoms with Crippen LogP contribution in [0.1, 0.15) is 81.5 Å². The van der Waals surface area contributed by atoms with Gasteiger partial charge in [-0.2, -0.15) is 0 Å². The molecular weight excluding hydrogens is 376 g/mol. The minimum absolute atomic E-state index is 0.0339. The second-order valence-corrected chi connectivity index (χ2v) is 9.11. The summed E-state index contributed by atoms with van der Waals surface area (Å²) in [6, 6.07) is 7.79. The highest BCUT2D eigenvalue weighted by molar-refractivity contribution is 5.97. The molecule has 1 aromatic rings. The average Bonchev–Trinajstić information content (AvgIpc) is 3.61. The van der Waals surface area contributed by atoms with Gasteiger partial charge in [0.1, 0.15) is 11.9 Å². The van der Waals surface area contributed by atoms with E-state index in [1.54, 1.807) is 0 Å². The van der Waals surface area contributed by atoms with Crippen molar-refractivity contribution in [1.82, 2.24) is 9.80 Å². The van der Waals surface area contributed by atoms with E-state index in [2.05, 4.69) is 4.90 Å². The van der Waals surface area contributed by atoms with Gasteiger partial charge in [0.05, 0.1) is 11.6 Å². The lowest BCUT2D eigenvalue weighted by Gasteiger charge is -2.40. The van der Waals surface area contributed by atoms with Gasteiger partial charge in [0, 0.05) is 25.6 Å². The highest BCUT2D eigenvalue weighted by Crippen LogP contribution is 2.36. The van der Waals surface area contributed by atoms with Crippen LogP contribution in [0, 0.1) is 5.92 Å². The zero-order chi connectivity index (χ0) is 20.9. The van der Waals surface area contributed by atoms with Crippen LogP contribution in [0.2, 0.25) is 0 Å². The number of fused-ring (bicyclic) bond motifs is 2. The first-order valence-corrected chi connectivity index (χ1v) is 12.0. The Morgan fingerprint density at radius 3 is 2.47 bits per heavy atom. The van der Waals surface area contributed by atoms with Crippen LogP contribution in [0.4, 0.5) is 0 Å². The summed E-state index contributed by atoms with van der Waals surface area (Å²) >= 11 is 0. The third-order valence-corrected chi connectivity index (χ3v) is 6.92. The van der Waals surface area contributed by atoms with Crippen LogP contribution < -0.4 is 4.74 Å². The van der Waals surface area contributed by atoms with Crippen molar-refractivity contribution in [2.24, 2.45) is 5.92 Å². The molecule has 2 atom stereocenters. The second-order valence-electron chi connectivity index (χ2n) is 9.11. The zero-order valence-corrected chi connectivity index (χ0v) is 18.4. The van der Waals surface area contributed by atoms with Gasteiger partial charge in [-0.05, 0) is 64.0 Å². The van der Waals surface area contributed by atoms with Crippen LogP contribution in [0.5, 0.6) is 5.75 Å². The molecule has 3 aliphatic rings. The molecule has 5 nitrogen and oxygen atoms in total. The normalized spacial score (nSPS) is 26.2. The third-order valence-electron chi connectivity index (χ3n) is 6.92. The number of benzene rings is 1. The Hall–Kier alpha value is -2.04. The summed E-state index contributed by atoms with van der Waals surface area (Å²) in [4.78, 5) is 30.5. The molecular formula is C25H36N2O3. The largest absolute Gasteiger partial charge is 0.487 e. The van der Waals surface area contributed by atoms with Gasteiger partial charge in [0.15, 0.2) is 0 Å². The van der Waals surface area contributed by atoms with Gasteiger partial charge in [-0.3, -0.25) is 9.59 Å². The second kappa shape index (κ2) is 9.84. The summed E-state index contributed by atoms with van der Waals surface area (Å²) < 4.78 is 6.55. The molecule has 4 rings (SSSR count). The quantitative estimate of drug-likeness (QED) is 0.710. The number of amides is 2. The first-order valence-electron chi connectivity index (χ1n) is 12.0. The molecule has 30 heavy (non-hydrogen) atoms. The molecule has 0 bridgehead atoms. The van der Waals surface area contributed by atoms with Crippen LogP contribution in [0.25, 0.3) is 0 Å². The summed E-state index contributed by atoms with van der Waals surface area (Å²) in [7, 11) is 0. The Balaban J connectivity index is 1.64. The molecule has 0 radical (unpaired) electrons. The highest BCUT2D eigenvalue weighted by atomic mass is 16.5. The van der Waals surface area contributed by atoms with E-state index in [1.807, 2.05) is 36.1 Å². The molecule has 0 spiro atoms. The topological polar surface area (TPSA) is 49.9 Å². The fourth-order valence-corrected chi connectivity index (χ4v) is 5.00. The lowest BCUT2D eigenvalue weighted by atomic mass is 9.90. The lowest BCUT2D eigenvalue weighted by molar-refractivity contribution is -0.138. The first-order chi connectivity index (χ1) is 14.7. The molecule has 2 saturated carbocycles. The summed E-state index contributed by atoms with van der Waals surface area (Å²) in [5.74, 6) is 1.31. The first kappa shape index (κ1) is 21.2. The van der Waals surface area contributed by atoms with Crippen LogP contribution in [0.3, 0.4) is 0 Å². The number of ether oxygens (including phenoxy) is 1. The van der Waals surface area contributed by atoms with E-state index >= 15 is 0 Å². The Morgan fingerprint density at radius 1 is 0.967 bits per heavy atom. The monoisotopic (exact) mass is 412 g/mol. The van der Waals surface area contributed by atoms with Gasteiger partial charge >= 0.3 is 0 Å². The standard InChI is InChI=1S/C25H36N2O3/c1-2-26-17-9-3-4-10-18-27(24(28)19-15-16-19)21-12-6-8-14-23(21)30-22-13-7-5-11-20(22)25(26)29/h5,7,11,13,19,21,23H,2-4,6,8-10,12,14-18H2,1H3/t21-,23+/m1/s1. The maximum atomic E-state index is 13.2. The Kier molecular flexibility index (Phi) is 6.96. The Labute approximate surface area is 180 Å². The zero-order valence-electron chi connectivity index (χ0n) is 18.4. The summed E-state index contributed by atoms with van der Waals surface area (Å²) in [6.07, 6.45) is 10.5. The number of carbonyl (C=O) groups is 2. The van der Waals surface area contributed by atoms with E-state index < -0.39 is 0 Å². The number of rotatable bonds is 2. The molecule has 164 valence electrons. The van der Waals surface area contributed by atoms with E-state index in [0.717, 1.165) is 77.3 Å². The molecule has 2 amide bonds. The van der Waals surface area contributed by atoms with Gasteiger partial charge in [0.25, 0.3) is 5.91 Å². The summed E-state index contributed by atoms with van der Waals surface area (Å²) in [5, 5.41) is 0. The fraction of sp³-hybridized carbons (Fsp3) is 0.680. The molecule has 5 heteroatoms. The SMILES string of the molecule is CCN1CCCCCCN(C(=O)C2CC2)[C@@H]2CCCC[C@@H]2Oc2ccccc2C1=O. The van der Waals surface area contributed by atoms with Crippen molar-refractivity contribution >= 4 is 11.8 Å². The van der Waals surface area contributed by atoms with Crippen molar-refractivity contribution in [1.29, 1.82) is 0 Å². The predicted octanol–water partition coefficient (Wildman–Crippen LogP) is 4.65. The van der Waals surface area contributed by atoms with Crippen molar-refractivity contribution in [3.05, 3.63) is 29.8 Å². The van der Waals surface area contributed by atoms with Gasteiger partial charge in [-0.15, -0.1) is 0 Å². The highest BCUT2D eigenvalue weighted by Gasteiger charge is 2.40. The Bertz CT molecular complexity index is 746. The molecule has 1 aromatic carbocycles. The molecule has 0 saturated heterocycles. The van der Waals surface area contributed by atoms with Crippen molar-refractivity contribution in [2.45, 2.75) is 83.3 Å². The molecule has 2 aliphatic carbocycles. The predicted molar refractivity (Wildman–Crippen MR) is 118 cm³/mol. The summed E-state index contributed by atoms with van der Waals surface area (Å²) in [6.45, 7) is 4.38. The molecule has 1 heterocycles. The maximum absolute atomic E-state index is 13.2. The van der Waals surface area contributed by atoms with E-state index in [9.17, 15) is 9.59 Å². The van der Waals surface area contributed by atoms with Gasteiger partial charge in [-0.1, -0.05) is 31.4 Å². The molecule has 0 N–H and O–H groups in total. The van der Waals surface area contributed by atoms with Crippen molar-refractivity contribution in [2.75, 3.05) is 19.6 Å². The smallest absolute Gasteiger partial charge is 0.257 e. The van der Waals surface area contributed by atoms with Crippen LogP contribution in [-0.4, -0.2) is 53.4 Å².